The fraction of sp³-hybridized carbons (Fsp3) is 0.286. The molecule has 0 saturated carbocycles. The Labute approximate surface area is 152 Å². The van der Waals surface area contributed by atoms with E-state index in [2.05, 4.69) is 11.0 Å². The zero-order chi connectivity index (χ0) is 18.1. The number of anilines is 1. The maximum absolute atomic E-state index is 12.8. The minimum Gasteiger partial charge on any atom is -0.495 e. The van der Waals surface area contributed by atoms with Crippen LogP contribution in [0.1, 0.15) is 16.1 Å². The van der Waals surface area contributed by atoms with E-state index in [1.807, 2.05) is 54.3 Å². The number of benzene rings is 2. The van der Waals surface area contributed by atoms with E-state index in [4.69, 9.17) is 9.15 Å². The normalized spacial score (nSPS) is 14.7. The molecule has 0 unspecified atom stereocenters. The van der Waals surface area contributed by atoms with Gasteiger partial charge in [0.15, 0.2) is 5.76 Å². The number of para-hydroxylation sites is 2. The number of nitrogens with zero attached hydrogens (tertiary/aromatic N) is 2. The van der Waals surface area contributed by atoms with Gasteiger partial charge in [-0.2, -0.15) is 0 Å². The van der Waals surface area contributed by atoms with Gasteiger partial charge < -0.3 is 19.0 Å². The zero-order valence-corrected chi connectivity index (χ0v) is 15.1. The third-order valence-electron chi connectivity index (χ3n) is 4.88. The van der Waals surface area contributed by atoms with E-state index in [0.717, 1.165) is 41.1 Å². The van der Waals surface area contributed by atoms with Crippen LogP contribution in [0.25, 0.3) is 11.0 Å². The summed E-state index contributed by atoms with van der Waals surface area (Å²) >= 11 is 0. The topological polar surface area (TPSA) is 45.9 Å². The highest BCUT2D eigenvalue weighted by Gasteiger charge is 2.25. The second-order valence-electron chi connectivity index (χ2n) is 6.60. The Hall–Kier alpha value is -2.95. The first-order valence-electron chi connectivity index (χ1n) is 8.83. The monoisotopic (exact) mass is 350 g/mol. The summed E-state index contributed by atoms with van der Waals surface area (Å²) in [6.07, 6.45) is 0. The number of piperazine rings is 1. The fourth-order valence-electron chi connectivity index (χ4n) is 3.44. The van der Waals surface area contributed by atoms with Crippen molar-refractivity contribution in [2.45, 2.75) is 6.92 Å². The number of hydrogen-bond donors (Lipinski definition) is 0. The number of furan rings is 1. The summed E-state index contributed by atoms with van der Waals surface area (Å²) in [5.41, 5.74) is 2.96. The summed E-state index contributed by atoms with van der Waals surface area (Å²) in [5.74, 6) is 1.23. The Morgan fingerprint density at radius 2 is 1.81 bits per heavy atom. The van der Waals surface area contributed by atoms with Crippen molar-refractivity contribution in [1.82, 2.24) is 4.90 Å². The van der Waals surface area contributed by atoms with Crippen molar-refractivity contribution < 1.29 is 13.9 Å². The van der Waals surface area contributed by atoms with E-state index in [1.54, 1.807) is 7.11 Å². The van der Waals surface area contributed by atoms with E-state index < -0.39 is 0 Å². The summed E-state index contributed by atoms with van der Waals surface area (Å²) in [6.45, 7) is 4.87. The van der Waals surface area contributed by atoms with Gasteiger partial charge >= 0.3 is 0 Å². The molecule has 0 N–H and O–H groups in total. The molecule has 2 aromatic carbocycles. The molecule has 0 radical (unpaired) electrons. The van der Waals surface area contributed by atoms with Crippen LogP contribution < -0.4 is 9.64 Å². The molecule has 1 saturated heterocycles. The van der Waals surface area contributed by atoms with Crippen molar-refractivity contribution >= 4 is 22.6 Å². The predicted octanol–water partition coefficient (Wildman–Crippen LogP) is 3.71. The lowest BCUT2D eigenvalue weighted by Gasteiger charge is -2.36. The van der Waals surface area contributed by atoms with Gasteiger partial charge in [-0.15, -0.1) is 0 Å². The highest BCUT2D eigenvalue weighted by atomic mass is 16.5. The summed E-state index contributed by atoms with van der Waals surface area (Å²) < 4.78 is 11.2. The molecule has 0 bridgehead atoms. The minimum absolute atomic E-state index is 0.0430. The van der Waals surface area contributed by atoms with Crippen molar-refractivity contribution in [3.8, 4) is 5.75 Å². The van der Waals surface area contributed by atoms with Crippen molar-refractivity contribution in [3.05, 3.63) is 59.9 Å². The highest BCUT2D eigenvalue weighted by molar-refractivity contribution is 5.96. The standard InChI is InChI=1S/C21H22N2O3/c1-15-7-8-16-14-20(26-19(16)13-15)21(24)23-11-9-22(10-12-23)17-5-3-4-6-18(17)25-2/h3-8,13-14H,9-12H2,1-2H3. The maximum Gasteiger partial charge on any atom is 0.289 e. The number of amides is 1. The predicted molar refractivity (Wildman–Crippen MR) is 102 cm³/mol. The number of ether oxygens (including phenoxy) is 1. The molecule has 1 amide bonds. The summed E-state index contributed by atoms with van der Waals surface area (Å²) in [7, 11) is 1.68. The average Bonchev–Trinajstić information content (AvgIpc) is 3.10. The average molecular weight is 350 g/mol. The third kappa shape index (κ3) is 3.01. The van der Waals surface area contributed by atoms with Crippen LogP contribution in [-0.2, 0) is 0 Å². The Kier molecular flexibility index (Phi) is 4.29. The Balaban J connectivity index is 1.47. The Morgan fingerprint density at radius 1 is 1.04 bits per heavy atom. The van der Waals surface area contributed by atoms with Gasteiger partial charge in [-0.1, -0.05) is 24.3 Å². The van der Waals surface area contributed by atoms with Gasteiger partial charge in [-0.3, -0.25) is 4.79 Å². The molecule has 5 nitrogen and oxygen atoms in total. The molecule has 2 heterocycles. The molecule has 0 atom stereocenters. The van der Waals surface area contributed by atoms with Crippen LogP contribution in [0.5, 0.6) is 5.75 Å². The van der Waals surface area contributed by atoms with Crippen LogP contribution in [-0.4, -0.2) is 44.1 Å². The lowest BCUT2D eigenvalue weighted by molar-refractivity contribution is 0.0717. The number of fused-ring (bicyclic) bond motifs is 1. The van der Waals surface area contributed by atoms with Gasteiger partial charge in [-0.05, 0) is 36.8 Å². The summed E-state index contributed by atoms with van der Waals surface area (Å²) in [4.78, 5) is 16.9. The zero-order valence-electron chi connectivity index (χ0n) is 15.1. The van der Waals surface area contributed by atoms with Gasteiger partial charge in [0.05, 0.1) is 12.8 Å². The molecular weight excluding hydrogens is 328 g/mol. The van der Waals surface area contributed by atoms with Gasteiger partial charge in [-0.25, -0.2) is 0 Å². The number of methoxy groups -OCH3 is 1. The molecular formula is C21H22N2O3. The lowest BCUT2D eigenvalue weighted by atomic mass is 10.2. The first-order valence-corrected chi connectivity index (χ1v) is 8.83. The largest absolute Gasteiger partial charge is 0.495 e. The van der Waals surface area contributed by atoms with Crippen LogP contribution >= 0.6 is 0 Å². The van der Waals surface area contributed by atoms with Crippen molar-refractivity contribution in [3.63, 3.8) is 0 Å². The SMILES string of the molecule is COc1ccccc1N1CCN(C(=O)c2cc3ccc(C)cc3o2)CC1. The molecule has 1 aromatic heterocycles. The van der Waals surface area contributed by atoms with Crippen LogP contribution in [0.3, 0.4) is 0 Å². The molecule has 3 aromatic rings. The number of rotatable bonds is 3. The van der Waals surface area contributed by atoms with E-state index in [0.29, 0.717) is 18.8 Å². The Bertz CT molecular complexity index is 939. The molecule has 5 heteroatoms. The summed E-state index contributed by atoms with van der Waals surface area (Å²) in [6, 6.07) is 15.8. The van der Waals surface area contributed by atoms with Crippen molar-refractivity contribution in [1.29, 1.82) is 0 Å². The molecule has 1 aliphatic heterocycles. The van der Waals surface area contributed by atoms with Crippen LogP contribution in [0.15, 0.2) is 52.9 Å². The van der Waals surface area contributed by atoms with Crippen LogP contribution in [0.4, 0.5) is 5.69 Å². The van der Waals surface area contributed by atoms with E-state index in [-0.39, 0.29) is 5.91 Å². The molecule has 1 aliphatic rings. The first kappa shape index (κ1) is 16.5. The third-order valence-corrected chi connectivity index (χ3v) is 4.88. The number of aryl methyl sites for hydroxylation is 1. The fourth-order valence-corrected chi connectivity index (χ4v) is 3.44. The molecule has 0 aliphatic carbocycles. The number of carbonyl (C=O) groups is 1. The van der Waals surface area contributed by atoms with Gasteiger partial charge in [0.1, 0.15) is 11.3 Å². The summed E-state index contributed by atoms with van der Waals surface area (Å²) in [5, 5.41) is 0.964. The Morgan fingerprint density at radius 3 is 2.58 bits per heavy atom. The molecule has 26 heavy (non-hydrogen) atoms. The molecule has 0 spiro atoms. The maximum atomic E-state index is 12.8. The van der Waals surface area contributed by atoms with E-state index in [9.17, 15) is 4.79 Å². The van der Waals surface area contributed by atoms with Gasteiger partial charge in [0.2, 0.25) is 0 Å². The highest BCUT2D eigenvalue weighted by Crippen LogP contribution is 2.29. The molecule has 1 fully saturated rings. The molecule has 4 rings (SSSR count). The van der Waals surface area contributed by atoms with E-state index >= 15 is 0 Å². The smallest absolute Gasteiger partial charge is 0.289 e. The first-order chi connectivity index (χ1) is 12.7. The van der Waals surface area contributed by atoms with Crippen molar-refractivity contribution in [2.75, 3.05) is 38.2 Å². The number of carbonyl (C=O) groups excluding carboxylic acids is 1. The lowest BCUT2D eigenvalue weighted by Crippen LogP contribution is -2.48. The number of hydrogen-bond acceptors (Lipinski definition) is 4. The minimum atomic E-state index is -0.0430. The molecule has 134 valence electrons. The van der Waals surface area contributed by atoms with Gasteiger partial charge in [0, 0.05) is 31.6 Å². The van der Waals surface area contributed by atoms with E-state index in [1.165, 1.54) is 0 Å². The second-order valence-corrected chi connectivity index (χ2v) is 6.60. The van der Waals surface area contributed by atoms with Crippen LogP contribution in [0, 0.1) is 6.92 Å². The van der Waals surface area contributed by atoms with Gasteiger partial charge in [0.25, 0.3) is 5.91 Å². The second kappa shape index (κ2) is 6.75. The quantitative estimate of drug-likeness (QED) is 0.722. The van der Waals surface area contributed by atoms with Crippen LogP contribution in [0.2, 0.25) is 0 Å². The van der Waals surface area contributed by atoms with Crippen molar-refractivity contribution in [2.24, 2.45) is 0 Å².